The first-order valence-corrected chi connectivity index (χ1v) is 12.3. The Bertz CT molecular complexity index is 1380. The molecule has 3 heterocycles. The molecule has 7 heteroatoms. The van der Waals surface area contributed by atoms with Crippen molar-refractivity contribution in [2.45, 2.75) is 19.9 Å². The van der Waals surface area contributed by atoms with E-state index >= 15 is 0 Å². The van der Waals surface area contributed by atoms with Gasteiger partial charge in [-0.15, -0.1) is 0 Å². The zero-order valence-corrected chi connectivity index (χ0v) is 19.7. The van der Waals surface area contributed by atoms with Gasteiger partial charge in [0.1, 0.15) is 10.3 Å². The van der Waals surface area contributed by atoms with Crippen LogP contribution in [0.25, 0.3) is 9.93 Å². The van der Waals surface area contributed by atoms with E-state index in [9.17, 15) is 4.79 Å². The van der Waals surface area contributed by atoms with Crippen LogP contribution in [0.5, 0.6) is 5.75 Å². The molecule has 156 valence electrons. The summed E-state index contributed by atoms with van der Waals surface area (Å²) in [6, 6.07) is 17.8. The standard InChI is InChI=1S/C24H20N2O2S3/c1-14-15(2)30-23(29-14)21-22(27)26-20(17-7-5-4-6-8-17)13-19(25-24(26)31-21)16-9-11-18(28-3)12-10-16/h4-13,20H,1-3H3/t20-/m0/s1. The minimum atomic E-state index is -0.199. The van der Waals surface area contributed by atoms with Crippen molar-refractivity contribution in [3.05, 3.63) is 101 Å². The topological polar surface area (TPSA) is 43.6 Å². The van der Waals surface area contributed by atoms with Crippen molar-refractivity contribution in [3.63, 3.8) is 0 Å². The molecule has 0 aliphatic carbocycles. The molecule has 0 saturated carbocycles. The molecule has 0 saturated heterocycles. The van der Waals surface area contributed by atoms with Gasteiger partial charge in [-0.05, 0) is 59.6 Å². The Morgan fingerprint density at radius 2 is 1.65 bits per heavy atom. The number of thiazole rings is 1. The first kappa shape index (κ1) is 20.4. The largest absolute Gasteiger partial charge is 0.497 e. The van der Waals surface area contributed by atoms with Gasteiger partial charge in [-0.3, -0.25) is 9.36 Å². The van der Waals surface area contributed by atoms with Gasteiger partial charge in [0, 0.05) is 5.56 Å². The van der Waals surface area contributed by atoms with Crippen LogP contribution in [0.1, 0.15) is 31.0 Å². The van der Waals surface area contributed by atoms with Crippen molar-refractivity contribution in [2.24, 2.45) is 4.99 Å². The average Bonchev–Trinajstić information content (AvgIpc) is 3.32. The number of fused-ring (bicyclic) bond motifs is 1. The van der Waals surface area contributed by atoms with Gasteiger partial charge >= 0.3 is 0 Å². The van der Waals surface area contributed by atoms with E-state index in [1.54, 1.807) is 30.6 Å². The second kappa shape index (κ2) is 8.22. The van der Waals surface area contributed by atoms with Gasteiger partial charge in [-0.2, -0.15) is 0 Å². The molecule has 0 N–H and O–H groups in total. The van der Waals surface area contributed by atoms with E-state index in [1.165, 1.54) is 21.1 Å². The van der Waals surface area contributed by atoms with Crippen LogP contribution in [0.15, 0.2) is 80.3 Å². The number of thioether (sulfide) groups is 2. The molecule has 0 radical (unpaired) electrons. The molecule has 3 aromatic rings. The van der Waals surface area contributed by atoms with Gasteiger partial charge in [0.25, 0.3) is 5.56 Å². The van der Waals surface area contributed by atoms with Crippen LogP contribution in [0.2, 0.25) is 0 Å². The molecule has 0 spiro atoms. The molecular formula is C24H20N2O2S3. The Morgan fingerprint density at radius 3 is 2.29 bits per heavy atom. The van der Waals surface area contributed by atoms with Crippen molar-refractivity contribution < 1.29 is 4.74 Å². The number of allylic oxidation sites excluding steroid dienone is 3. The van der Waals surface area contributed by atoms with Crippen LogP contribution < -0.4 is 19.6 Å². The minimum Gasteiger partial charge on any atom is -0.497 e. The fourth-order valence-corrected chi connectivity index (χ4v) is 7.31. The summed E-state index contributed by atoms with van der Waals surface area (Å²) in [7, 11) is 1.66. The third-order valence-corrected chi connectivity index (χ3v) is 9.27. The summed E-state index contributed by atoms with van der Waals surface area (Å²) in [5.74, 6) is 0.806. The molecule has 0 fully saturated rings. The highest BCUT2D eigenvalue weighted by molar-refractivity contribution is 8.35. The molecular weight excluding hydrogens is 444 g/mol. The van der Waals surface area contributed by atoms with Gasteiger partial charge in [-0.1, -0.05) is 65.2 Å². The smallest absolute Gasteiger partial charge is 0.272 e. The van der Waals surface area contributed by atoms with E-state index in [4.69, 9.17) is 9.73 Å². The Balaban J connectivity index is 1.72. The number of aromatic nitrogens is 1. The van der Waals surface area contributed by atoms with E-state index < -0.39 is 0 Å². The third-order valence-electron chi connectivity index (χ3n) is 5.32. The molecule has 1 atom stereocenters. The van der Waals surface area contributed by atoms with Crippen LogP contribution in [0.4, 0.5) is 0 Å². The molecule has 2 aliphatic rings. The molecule has 4 nitrogen and oxygen atoms in total. The monoisotopic (exact) mass is 464 g/mol. The first-order valence-electron chi connectivity index (χ1n) is 9.84. The fourth-order valence-electron chi connectivity index (χ4n) is 3.55. The van der Waals surface area contributed by atoms with Crippen molar-refractivity contribution in [1.82, 2.24) is 4.57 Å². The van der Waals surface area contributed by atoms with Crippen molar-refractivity contribution >= 4 is 44.8 Å². The number of ether oxygens (including phenoxy) is 1. The molecule has 0 unspecified atom stereocenters. The summed E-state index contributed by atoms with van der Waals surface area (Å²) in [5.41, 5.74) is 2.96. The number of hydrogen-bond donors (Lipinski definition) is 0. The predicted octanol–water partition coefficient (Wildman–Crippen LogP) is 4.98. The molecule has 5 rings (SSSR count). The molecule has 0 amide bonds. The normalized spacial score (nSPS) is 18.0. The lowest BCUT2D eigenvalue weighted by Gasteiger charge is -2.19. The average molecular weight is 465 g/mol. The van der Waals surface area contributed by atoms with Crippen LogP contribution in [0, 0.1) is 0 Å². The van der Waals surface area contributed by atoms with Gasteiger partial charge in [-0.25, -0.2) is 4.99 Å². The molecule has 2 aliphatic heterocycles. The van der Waals surface area contributed by atoms with Crippen LogP contribution >= 0.6 is 34.9 Å². The van der Waals surface area contributed by atoms with Crippen LogP contribution in [-0.2, 0) is 0 Å². The lowest BCUT2D eigenvalue weighted by Crippen LogP contribution is -2.36. The highest BCUT2D eigenvalue weighted by atomic mass is 32.2. The van der Waals surface area contributed by atoms with Crippen molar-refractivity contribution in [1.29, 1.82) is 0 Å². The van der Waals surface area contributed by atoms with Gasteiger partial charge in [0.05, 0.1) is 23.1 Å². The Labute approximate surface area is 192 Å². The quantitative estimate of drug-likeness (QED) is 0.548. The van der Waals surface area contributed by atoms with E-state index in [0.717, 1.165) is 36.1 Å². The highest BCUT2D eigenvalue weighted by Crippen LogP contribution is 2.48. The highest BCUT2D eigenvalue weighted by Gasteiger charge is 2.25. The summed E-state index contributed by atoms with van der Waals surface area (Å²) in [6.07, 6.45) is 2.08. The number of hydrogen-bond acceptors (Lipinski definition) is 6. The zero-order valence-electron chi connectivity index (χ0n) is 17.3. The van der Waals surface area contributed by atoms with Gasteiger partial charge < -0.3 is 4.74 Å². The lowest BCUT2D eigenvalue weighted by molar-refractivity contribution is 0.415. The minimum absolute atomic E-state index is 0.0279. The van der Waals surface area contributed by atoms with Crippen LogP contribution in [0.3, 0.4) is 0 Å². The maximum atomic E-state index is 13.5. The predicted molar refractivity (Wildman–Crippen MR) is 132 cm³/mol. The summed E-state index contributed by atoms with van der Waals surface area (Å²) < 4.78 is 8.95. The Kier molecular flexibility index (Phi) is 5.42. The summed E-state index contributed by atoms with van der Waals surface area (Å²) in [5, 5.41) is 0. The molecule has 2 aromatic carbocycles. The van der Waals surface area contributed by atoms with E-state index in [1.807, 2.05) is 47.0 Å². The Morgan fingerprint density at radius 1 is 0.968 bits per heavy atom. The van der Waals surface area contributed by atoms with E-state index in [2.05, 4.69) is 32.1 Å². The first-order chi connectivity index (χ1) is 15.0. The summed E-state index contributed by atoms with van der Waals surface area (Å²) in [6.45, 7) is 4.21. The number of methoxy groups -OCH3 is 1. The van der Waals surface area contributed by atoms with E-state index in [0.29, 0.717) is 0 Å². The number of benzene rings is 2. The third kappa shape index (κ3) is 3.71. The summed E-state index contributed by atoms with van der Waals surface area (Å²) >= 11 is 4.85. The van der Waals surface area contributed by atoms with Crippen molar-refractivity contribution in [2.75, 3.05) is 7.11 Å². The van der Waals surface area contributed by atoms with E-state index in [-0.39, 0.29) is 11.6 Å². The van der Waals surface area contributed by atoms with Gasteiger partial charge in [0.2, 0.25) is 0 Å². The maximum Gasteiger partial charge on any atom is 0.272 e. The zero-order chi connectivity index (χ0) is 21.5. The second-order valence-electron chi connectivity index (χ2n) is 7.24. The number of nitrogens with zero attached hydrogens (tertiary/aromatic N) is 2. The van der Waals surface area contributed by atoms with Gasteiger partial charge in [0.15, 0.2) is 4.80 Å². The fraction of sp³-hybridized carbons (Fsp3) is 0.167. The number of rotatable bonds is 3. The summed E-state index contributed by atoms with van der Waals surface area (Å²) in [4.78, 5) is 21.7. The second-order valence-corrected chi connectivity index (χ2v) is 10.9. The molecule has 1 aromatic heterocycles. The van der Waals surface area contributed by atoms with Crippen LogP contribution in [-0.4, -0.2) is 11.7 Å². The maximum absolute atomic E-state index is 13.5. The Hall–Kier alpha value is -2.48. The lowest BCUT2D eigenvalue weighted by atomic mass is 10.0. The molecule has 31 heavy (non-hydrogen) atoms. The van der Waals surface area contributed by atoms with Crippen molar-refractivity contribution in [3.8, 4) is 5.75 Å². The SMILES string of the molecule is COc1ccc(C2=C[C@@H](c3ccccc3)n3c(sc(=C4SC(C)=C(C)S4)c3=O)=N2)cc1. The molecule has 0 bridgehead atoms.